The van der Waals surface area contributed by atoms with Gasteiger partial charge in [0.1, 0.15) is 16.7 Å². The number of primary amides is 1. The molecule has 138 valence electrons. The van der Waals surface area contributed by atoms with Crippen LogP contribution in [-0.4, -0.2) is 44.7 Å². The molecule has 27 heavy (non-hydrogen) atoms. The lowest BCUT2D eigenvalue weighted by atomic mass is 10.1. The molecule has 0 bridgehead atoms. The third-order valence-corrected chi connectivity index (χ3v) is 6.53. The van der Waals surface area contributed by atoms with Gasteiger partial charge in [0, 0.05) is 35.8 Å². The van der Waals surface area contributed by atoms with Gasteiger partial charge in [-0.25, -0.2) is 9.97 Å². The molecule has 3 N–H and O–H groups in total. The van der Waals surface area contributed by atoms with Crippen LogP contribution in [0.2, 0.25) is 0 Å². The van der Waals surface area contributed by atoms with Gasteiger partial charge in [-0.05, 0) is 37.0 Å². The third-order valence-electron chi connectivity index (χ3n) is 5.34. The number of anilines is 1. The number of β-amino-alcohol motifs (C(OH)–C–C–N with tert-alkyl or cyclic N) is 1. The van der Waals surface area contributed by atoms with Gasteiger partial charge in [0.15, 0.2) is 5.82 Å². The minimum Gasteiger partial charge on any atom is -0.391 e. The van der Waals surface area contributed by atoms with Crippen molar-refractivity contribution in [2.75, 3.05) is 11.4 Å². The fourth-order valence-electron chi connectivity index (χ4n) is 4.13. The number of carbonyl (C=O) groups is 1. The van der Waals surface area contributed by atoms with E-state index in [0.717, 1.165) is 35.0 Å². The van der Waals surface area contributed by atoms with E-state index in [1.54, 1.807) is 23.7 Å². The van der Waals surface area contributed by atoms with Crippen LogP contribution >= 0.6 is 11.3 Å². The van der Waals surface area contributed by atoms with E-state index in [0.29, 0.717) is 24.6 Å². The summed E-state index contributed by atoms with van der Waals surface area (Å²) in [5, 5.41) is 11.2. The Morgan fingerprint density at radius 2 is 2.22 bits per heavy atom. The Bertz CT molecular complexity index is 1040. The molecule has 0 saturated carbocycles. The third kappa shape index (κ3) is 2.67. The number of thiophene rings is 1. The van der Waals surface area contributed by atoms with E-state index in [-0.39, 0.29) is 0 Å². The highest BCUT2D eigenvalue weighted by Gasteiger charge is 2.38. The average molecular weight is 381 g/mol. The summed E-state index contributed by atoms with van der Waals surface area (Å²) in [6, 6.07) is 3.21. The second-order valence-electron chi connectivity index (χ2n) is 7.11. The normalized spacial score (nSPS) is 21.7. The maximum atomic E-state index is 12.0. The van der Waals surface area contributed by atoms with Crippen LogP contribution in [-0.2, 0) is 17.6 Å². The summed E-state index contributed by atoms with van der Waals surface area (Å²) < 4.78 is 0. The van der Waals surface area contributed by atoms with Gasteiger partial charge in [0.05, 0.1) is 11.5 Å². The first kappa shape index (κ1) is 16.6. The number of aromatic nitrogens is 3. The van der Waals surface area contributed by atoms with Crippen LogP contribution in [0.3, 0.4) is 0 Å². The molecule has 1 fully saturated rings. The van der Waals surface area contributed by atoms with Gasteiger partial charge < -0.3 is 15.7 Å². The molecule has 2 atom stereocenters. The maximum absolute atomic E-state index is 12.0. The van der Waals surface area contributed by atoms with Gasteiger partial charge in [-0.15, -0.1) is 11.3 Å². The maximum Gasteiger partial charge on any atom is 0.240 e. The molecule has 3 aromatic rings. The molecular formula is C19H19N5O2S. The smallest absolute Gasteiger partial charge is 0.240 e. The number of fused-ring (bicyclic) bond motifs is 3. The molecule has 2 aliphatic rings. The Balaban J connectivity index is 1.75. The second-order valence-corrected chi connectivity index (χ2v) is 8.19. The van der Waals surface area contributed by atoms with Gasteiger partial charge in [-0.1, -0.05) is 0 Å². The van der Waals surface area contributed by atoms with Gasteiger partial charge in [-0.2, -0.15) is 0 Å². The number of hydrogen-bond donors (Lipinski definition) is 2. The molecule has 0 radical (unpaired) electrons. The van der Waals surface area contributed by atoms with Gasteiger partial charge in [0.2, 0.25) is 5.91 Å². The van der Waals surface area contributed by atoms with Crippen molar-refractivity contribution in [3.8, 4) is 11.4 Å². The Hall–Kier alpha value is -2.58. The molecule has 4 heterocycles. The van der Waals surface area contributed by atoms with Crippen molar-refractivity contribution in [1.82, 2.24) is 15.0 Å². The topological polar surface area (TPSA) is 105 Å². The summed E-state index contributed by atoms with van der Waals surface area (Å²) >= 11 is 1.70. The fourth-order valence-corrected chi connectivity index (χ4v) is 5.38. The van der Waals surface area contributed by atoms with Crippen LogP contribution < -0.4 is 10.6 Å². The lowest BCUT2D eigenvalue weighted by molar-refractivity contribution is -0.119. The molecule has 1 saturated heterocycles. The van der Waals surface area contributed by atoms with Crippen molar-refractivity contribution in [2.45, 2.75) is 37.8 Å². The molecule has 1 aliphatic carbocycles. The molecule has 1 aliphatic heterocycles. The Morgan fingerprint density at radius 1 is 1.33 bits per heavy atom. The Kier molecular flexibility index (Phi) is 3.84. The highest BCUT2D eigenvalue weighted by atomic mass is 32.1. The van der Waals surface area contributed by atoms with Crippen LogP contribution in [0.15, 0.2) is 24.5 Å². The van der Waals surface area contributed by atoms with Gasteiger partial charge in [-0.3, -0.25) is 9.78 Å². The van der Waals surface area contributed by atoms with Crippen LogP contribution in [0, 0.1) is 0 Å². The highest BCUT2D eigenvalue weighted by molar-refractivity contribution is 7.19. The average Bonchev–Trinajstić information content (AvgIpc) is 3.35. The minimum atomic E-state index is -0.596. The summed E-state index contributed by atoms with van der Waals surface area (Å²) in [5.74, 6) is 0.849. The number of amides is 1. The van der Waals surface area contributed by atoms with Crippen molar-refractivity contribution < 1.29 is 9.90 Å². The standard InChI is InChI=1S/C19H19N5O2S/c20-16(26)13-7-11(25)9-24(13)18-15-12-4-1-5-14(12)27-19(15)23-17(22-18)10-3-2-6-21-8-10/h2-3,6,8,11,13,25H,1,4-5,7,9H2,(H2,20,26). The molecule has 2 unspecified atom stereocenters. The molecule has 5 rings (SSSR count). The Labute approximate surface area is 159 Å². The lowest BCUT2D eigenvalue weighted by Gasteiger charge is -2.24. The molecule has 0 spiro atoms. The minimum absolute atomic E-state index is 0.329. The summed E-state index contributed by atoms with van der Waals surface area (Å²) in [5.41, 5.74) is 7.73. The van der Waals surface area contributed by atoms with Gasteiger partial charge >= 0.3 is 0 Å². The summed E-state index contributed by atoms with van der Waals surface area (Å²) in [6.07, 6.45) is 6.35. The van der Waals surface area contributed by atoms with Crippen LogP contribution in [0.4, 0.5) is 5.82 Å². The molecular weight excluding hydrogens is 362 g/mol. The molecule has 8 heteroatoms. The van der Waals surface area contributed by atoms with E-state index in [1.807, 2.05) is 17.0 Å². The predicted octanol–water partition coefficient (Wildman–Crippen LogP) is 1.67. The zero-order chi connectivity index (χ0) is 18.5. The number of carbonyl (C=O) groups excluding carboxylic acids is 1. The predicted molar refractivity (Wildman–Crippen MR) is 104 cm³/mol. The largest absolute Gasteiger partial charge is 0.391 e. The molecule has 1 amide bonds. The van der Waals surface area contributed by atoms with Crippen molar-refractivity contribution >= 4 is 33.3 Å². The molecule has 7 nitrogen and oxygen atoms in total. The number of nitrogens with two attached hydrogens (primary N) is 1. The molecule has 0 aromatic carbocycles. The van der Waals surface area contributed by atoms with E-state index >= 15 is 0 Å². The quantitative estimate of drug-likeness (QED) is 0.715. The zero-order valence-electron chi connectivity index (χ0n) is 14.6. The second kappa shape index (κ2) is 6.24. The monoisotopic (exact) mass is 381 g/mol. The number of aliphatic hydroxyl groups is 1. The highest BCUT2D eigenvalue weighted by Crippen LogP contribution is 2.42. The number of hydrogen-bond acceptors (Lipinski definition) is 7. The first-order valence-electron chi connectivity index (χ1n) is 9.08. The summed E-state index contributed by atoms with van der Waals surface area (Å²) in [4.78, 5) is 29.9. The van der Waals surface area contributed by atoms with E-state index in [1.165, 1.54) is 10.4 Å². The first-order valence-corrected chi connectivity index (χ1v) is 9.90. The van der Waals surface area contributed by atoms with Crippen molar-refractivity contribution in [2.24, 2.45) is 5.73 Å². The number of aliphatic hydroxyl groups excluding tert-OH is 1. The van der Waals surface area contributed by atoms with E-state index in [2.05, 4.69) is 4.98 Å². The van der Waals surface area contributed by atoms with E-state index in [4.69, 9.17) is 15.7 Å². The van der Waals surface area contributed by atoms with Gasteiger partial charge in [0.25, 0.3) is 0 Å². The van der Waals surface area contributed by atoms with Crippen molar-refractivity contribution in [3.63, 3.8) is 0 Å². The SMILES string of the molecule is NC(=O)C1CC(O)CN1c1nc(-c2cccnc2)nc2sc3c(c12)CCC3. The zero-order valence-corrected chi connectivity index (χ0v) is 15.4. The van der Waals surface area contributed by atoms with Crippen LogP contribution in [0.5, 0.6) is 0 Å². The van der Waals surface area contributed by atoms with Crippen LogP contribution in [0.25, 0.3) is 21.6 Å². The van der Waals surface area contributed by atoms with E-state index in [9.17, 15) is 9.90 Å². The van der Waals surface area contributed by atoms with E-state index < -0.39 is 18.1 Å². The number of aryl methyl sites for hydroxylation is 2. The van der Waals surface area contributed by atoms with Crippen molar-refractivity contribution in [1.29, 1.82) is 0 Å². The first-order chi connectivity index (χ1) is 13.1. The lowest BCUT2D eigenvalue weighted by Crippen LogP contribution is -2.41. The number of nitrogens with zero attached hydrogens (tertiary/aromatic N) is 4. The number of pyridine rings is 1. The Morgan fingerprint density at radius 3 is 3.00 bits per heavy atom. The van der Waals surface area contributed by atoms with Crippen molar-refractivity contribution in [3.05, 3.63) is 35.0 Å². The fraction of sp³-hybridized carbons (Fsp3) is 0.368. The summed E-state index contributed by atoms with van der Waals surface area (Å²) in [6.45, 7) is 0.344. The van der Waals surface area contributed by atoms with Crippen LogP contribution in [0.1, 0.15) is 23.3 Å². The molecule has 3 aromatic heterocycles. The number of rotatable bonds is 3. The summed E-state index contributed by atoms with van der Waals surface area (Å²) in [7, 11) is 0.